The number of nitrogens with zero attached hydrogens (tertiary/aromatic N) is 4. The van der Waals surface area contributed by atoms with Crippen molar-refractivity contribution in [2.24, 2.45) is 0 Å². The molecule has 3 fully saturated rings. The largest absolute Gasteiger partial charge is 0.357 e. The van der Waals surface area contributed by atoms with Gasteiger partial charge in [0.15, 0.2) is 5.79 Å². The number of rotatable bonds is 3. The molecule has 0 radical (unpaired) electrons. The predicted molar refractivity (Wildman–Crippen MR) is 107 cm³/mol. The first-order chi connectivity index (χ1) is 13.7. The van der Waals surface area contributed by atoms with Crippen LogP contribution in [0.2, 0.25) is 0 Å². The molecule has 3 aliphatic rings. The van der Waals surface area contributed by atoms with E-state index in [1.807, 2.05) is 22.5 Å². The lowest BCUT2D eigenvalue weighted by Gasteiger charge is -2.37. The van der Waals surface area contributed by atoms with E-state index >= 15 is 0 Å². The quantitative estimate of drug-likeness (QED) is 0.789. The van der Waals surface area contributed by atoms with Gasteiger partial charge in [0.1, 0.15) is 16.5 Å². The summed E-state index contributed by atoms with van der Waals surface area (Å²) in [5, 5.41) is 2.68. The number of thiazole rings is 1. The summed E-state index contributed by atoms with van der Waals surface area (Å²) in [7, 11) is 0. The monoisotopic (exact) mass is 400 g/mol. The van der Waals surface area contributed by atoms with Crippen LogP contribution in [0.15, 0.2) is 23.7 Å². The van der Waals surface area contributed by atoms with Gasteiger partial charge in [0.2, 0.25) is 0 Å². The molecule has 28 heavy (non-hydrogen) atoms. The van der Waals surface area contributed by atoms with Gasteiger partial charge in [0.25, 0.3) is 5.91 Å². The molecule has 0 aliphatic carbocycles. The number of ether oxygens (including phenoxy) is 2. The number of anilines is 1. The highest BCUT2D eigenvalue weighted by Crippen LogP contribution is 2.32. The Labute approximate surface area is 168 Å². The normalized spacial score (nSPS) is 21.6. The molecule has 8 heteroatoms. The second-order valence-corrected chi connectivity index (χ2v) is 8.40. The Morgan fingerprint density at radius 2 is 1.82 bits per heavy atom. The molecular weight excluding hydrogens is 376 g/mol. The SMILES string of the molecule is O=C(c1csc(-c2ccc(N3CCCC3)nc2)n1)N1CCC2(CC1)OCCO2. The van der Waals surface area contributed by atoms with Crippen LogP contribution in [0.1, 0.15) is 36.2 Å². The van der Waals surface area contributed by atoms with Crippen LogP contribution in [0.5, 0.6) is 0 Å². The van der Waals surface area contributed by atoms with E-state index in [2.05, 4.69) is 20.9 Å². The lowest BCUT2D eigenvalue weighted by atomic mass is 10.0. The molecule has 0 bridgehead atoms. The molecule has 3 aliphatic heterocycles. The zero-order valence-electron chi connectivity index (χ0n) is 15.8. The molecule has 1 spiro atoms. The summed E-state index contributed by atoms with van der Waals surface area (Å²) >= 11 is 1.49. The van der Waals surface area contributed by atoms with Gasteiger partial charge in [-0.2, -0.15) is 0 Å². The number of carbonyl (C=O) groups is 1. The van der Waals surface area contributed by atoms with Gasteiger partial charge in [-0.25, -0.2) is 9.97 Å². The summed E-state index contributed by atoms with van der Waals surface area (Å²) in [5.41, 5.74) is 1.46. The van der Waals surface area contributed by atoms with E-state index in [9.17, 15) is 4.79 Å². The molecule has 5 rings (SSSR count). The van der Waals surface area contributed by atoms with Crippen LogP contribution >= 0.6 is 11.3 Å². The third-order valence-corrected chi connectivity index (χ3v) is 6.67. The molecule has 7 nitrogen and oxygen atoms in total. The zero-order valence-corrected chi connectivity index (χ0v) is 16.6. The number of hydrogen-bond donors (Lipinski definition) is 0. The summed E-state index contributed by atoms with van der Waals surface area (Å²) in [6.07, 6.45) is 5.77. The van der Waals surface area contributed by atoms with E-state index < -0.39 is 5.79 Å². The molecule has 0 unspecified atom stereocenters. The van der Waals surface area contributed by atoms with Gasteiger partial charge in [-0.15, -0.1) is 11.3 Å². The standard InChI is InChI=1S/C20H24N4O3S/c25-19(24-9-5-20(6-10-24)26-11-12-27-20)16-14-28-18(22-16)15-3-4-17(21-13-15)23-7-1-2-8-23/h3-4,13-14H,1-2,5-12H2. The average molecular weight is 401 g/mol. The fourth-order valence-corrected chi connectivity index (χ4v) is 4.93. The van der Waals surface area contributed by atoms with Crippen molar-refractivity contribution in [3.8, 4) is 10.6 Å². The van der Waals surface area contributed by atoms with Crippen LogP contribution in [0.4, 0.5) is 5.82 Å². The Kier molecular flexibility index (Phi) is 4.78. The first-order valence-electron chi connectivity index (χ1n) is 9.97. The third-order valence-electron chi connectivity index (χ3n) is 5.77. The fraction of sp³-hybridized carbons (Fsp3) is 0.550. The molecule has 1 amide bonds. The average Bonchev–Trinajstić information content (AvgIpc) is 3.50. The van der Waals surface area contributed by atoms with Crippen molar-refractivity contribution >= 4 is 23.1 Å². The Morgan fingerprint density at radius 1 is 1.07 bits per heavy atom. The van der Waals surface area contributed by atoms with Crippen molar-refractivity contribution in [1.29, 1.82) is 0 Å². The summed E-state index contributed by atoms with van der Waals surface area (Å²) in [5.74, 6) is 0.539. The Hall–Kier alpha value is -2.03. The number of pyridine rings is 1. The topological polar surface area (TPSA) is 67.8 Å². The molecular formula is C20H24N4O3S. The van der Waals surface area contributed by atoms with E-state index in [0.29, 0.717) is 32.0 Å². The second kappa shape index (κ2) is 7.42. The van der Waals surface area contributed by atoms with E-state index in [0.717, 1.165) is 42.3 Å². The molecule has 148 valence electrons. The molecule has 2 aromatic rings. The summed E-state index contributed by atoms with van der Waals surface area (Å²) in [6, 6.07) is 4.10. The van der Waals surface area contributed by atoms with E-state index in [1.54, 1.807) is 0 Å². The third kappa shape index (κ3) is 3.40. The maximum Gasteiger partial charge on any atom is 0.273 e. The number of amides is 1. The highest BCUT2D eigenvalue weighted by molar-refractivity contribution is 7.13. The van der Waals surface area contributed by atoms with Gasteiger partial charge in [-0.3, -0.25) is 4.79 Å². The van der Waals surface area contributed by atoms with Crippen LogP contribution in [0.25, 0.3) is 10.6 Å². The van der Waals surface area contributed by atoms with Crippen molar-refractivity contribution in [3.05, 3.63) is 29.4 Å². The highest BCUT2D eigenvalue weighted by Gasteiger charge is 2.41. The highest BCUT2D eigenvalue weighted by atomic mass is 32.1. The van der Waals surface area contributed by atoms with Gasteiger partial charge in [-0.05, 0) is 25.0 Å². The van der Waals surface area contributed by atoms with Gasteiger partial charge in [-0.1, -0.05) is 0 Å². The summed E-state index contributed by atoms with van der Waals surface area (Å²) < 4.78 is 11.5. The number of piperidine rings is 1. The van der Waals surface area contributed by atoms with Gasteiger partial charge < -0.3 is 19.3 Å². The number of hydrogen-bond acceptors (Lipinski definition) is 7. The Balaban J connectivity index is 1.25. The van der Waals surface area contributed by atoms with Crippen LogP contribution in [-0.4, -0.2) is 66.0 Å². The van der Waals surface area contributed by atoms with Crippen LogP contribution in [0.3, 0.4) is 0 Å². The smallest absolute Gasteiger partial charge is 0.273 e. The molecule has 0 atom stereocenters. The summed E-state index contributed by atoms with van der Waals surface area (Å²) in [6.45, 7) is 4.72. The number of carbonyl (C=O) groups excluding carboxylic acids is 1. The zero-order chi connectivity index (χ0) is 19.0. The molecule has 3 saturated heterocycles. The minimum absolute atomic E-state index is 0.0167. The lowest BCUT2D eigenvalue weighted by molar-refractivity contribution is -0.181. The van der Waals surface area contributed by atoms with Crippen molar-refractivity contribution in [2.45, 2.75) is 31.5 Å². The van der Waals surface area contributed by atoms with Crippen LogP contribution in [0, 0.1) is 0 Å². The van der Waals surface area contributed by atoms with Crippen LogP contribution in [-0.2, 0) is 9.47 Å². The van der Waals surface area contributed by atoms with Crippen molar-refractivity contribution in [1.82, 2.24) is 14.9 Å². The lowest BCUT2D eigenvalue weighted by Crippen LogP contribution is -2.47. The van der Waals surface area contributed by atoms with Crippen molar-refractivity contribution < 1.29 is 14.3 Å². The fourth-order valence-electron chi connectivity index (χ4n) is 4.15. The number of likely N-dealkylation sites (tertiary alicyclic amines) is 1. The molecule has 5 heterocycles. The van der Waals surface area contributed by atoms with Gasteiger partial charge >= 0.3 is 0 Å². The Bertz CT molecular complexity index is 831. The predicted octanol–water partition coefficient (Wildman–Crippen LogP) is 2.78. The molecule has 0 aromatic carbocycles. The number of aromatic nitrogens is 2. The van der Waals surface area contributed by atoms with E-state index in [-0.39, 0.29) is 5.91 Å². The molecule has 0 saturated carbocycles. The van der Waals surface area contributed by atoms with E-state index in [1.165, 1.54) is 24.2 Å². The van der Waals surface area contributed by atoms with Crippen molar-refractivity contribution in [3.63, 3.8) is 0 Å². The van der Waals surface area contributed by atoms with Crippen molar-refractivity contribution in [2.75, 3.05) is 44.3 Å². The first kappa shape index (κ1) is 18.0. The maximum atomic E-state index is 12.8. The first-order valence-corrected chi connectivity index (χ1v) is 10.8. The Morgan fingerprint density at radius 3 is 2.50 bits per heavy atom. The second-order valence-electron chi connectivity index (χ2n) is 7.54. The molecule has 2 aromatic heterocycles. The molecule has 0 N–H and O–H groups in total. The van der Waals surface area contributed by atoms with Gasteiger partial charge in [0, 0.05) is 56.2 Å². The van der Waals surface area contributed by atoms with Crippen LogP contribution < -0.4 is 4.90 Å². The minimum atomic E-state index is -0.466. The van der Waals surface area contributed by atoms with E-state index in [4.69, 9.17) is 9.47 Å². The summed E-state index contributed by atoms with van der Waals surface area (Å²) in [4.78, 5) is 26.2. The maximum absolute atomic E-state index is 12.8. The van der Waals surface area contributed by atoms with Gasteiger partial charge in [0.05, 0.1) is 13.2 Å². The minimum Gasteiger partial charge on any atom is -0.357 e.